The van der Waals surface area contributed by atoms with E-state index in [1.807, 2.05) is 24.3 Å². The molecule has 0 atom stereocenters. The van der Waals surface area contributed by atoms with E-state index in [0.717, 1.165) is 42.5 Å². The first-order valence-corrected chi connectivity index (χ1v) is 9.39. The van der Waals surface area contributed by atoms with Gasteiger partial charge in [-0.05, 0) is 56.3 Å². The van der Waals surface area contributed by atoms with Crippen molar-refractivity contribution < 1.29 is 4.79 Å². The molecule has 1 aliphatic rings. The molecular weight excluding hydrogens is 338 g/mol. The number of amides is 1. The van der Waals surface area contributed by atoms with Crippen molar-refractivity contribution in [2.24, 2.45) is 0 Å². The van der Waals surface area contributed by atoms with E-state index in [-0.39, 0.29) is 5.91 Å². The number of carbonyl (C=O) groups is 1. The zero-order valence-electron chi connectivity index (χ0n) is 15.8. The van der Waals surface area contributed by atoms with Gasteiger partial charge >= 0.3 is 0 Å². The molecule has 1 fully saturated rings. The summed E-state index contributed by atoms with van der Waals surface area (Å²) in [7, 11) is 3.92. The van der Waals surface area contributed by atoms with Crippen LogP contribution in [0.25, 0.3) is 10.9 Å². The second-order valence-corrected chi connectivity index (χ2v) is 7.10. The number of pyridine rings is 1. The normalized spacial score (nSPS) is 15.0. The van der Waals surface area contributed by atoms with Gasteiger partial charge in [0, 0.05) is 43.6 Å². The topological polar surface area (TPSA) is 64.3 Å². The highest BCUT2D eigenvalue weighted by molar-refractivity contribution is 6.05. The largest absolute Gasteiger partial charge is 0.371 e. The summed E-state index contributed by atoms with van der Waals surface area (Å²) in [5.41, 5.74) is 3.30. The van der Waals surface area contributed by atoms with E-state index in [9.17, 15) is 4.79 Å². The number of anilines is 2. The summed E-state index contributed by atoms with van der Waals surface area (Å²) in [5, 5.41) is 4.46. The van der Waals surface area contributed by atoms with E-state index in [2.05, 4.69) is 39.4 Å². The van der Waals surface area contributed by atoms with Crippen LogP contribution in [0.15, 0.2) is 48.8 Å². The van der Waals surface area contributed by atoms with Crippen LogP contribution in [0.5, 0.6) is 0 Å². The van der Waals surface area contributed by atoms with Crippen LogP contribution in [0.2, 0.25) is 0 Å². The molecule has 0 aliphatic carbocycles. The highest BCUT2D eigenvalue weighted by atomic mass is 16.2. The molecule has 0 bridgehead atoms. The number of aromatic nitrogens is 2. The molecule has 27 heavy (non-hydrogen) atoms. The minimum absolute atomic E-state index is 0.118. The van der Waals surface area contributed by atoms with Gasteiger partial charge in [-0.2, -0.15) is 0 Å². The molecule has 0 saturated carbocycles. The van der Waals surface area contributed by atoms with Crippen molar-refractivity contribution in [3.63, 3.8) is 0 Å². The van der Waals surface area contributed by atoms with Crippen molar-refractivity contribution in [1.29, 1.82) is 0 Å². The maximum atomic E-state index is 12.7. The van der Waals surface area contributed by atoms with Crippen molar-refractivity contribution in [3.8, 4) is 0 Å². The van der Waals surface area contributed by atoms with Gasteiger partial charge in [0.2, 0.25) is 0 Å². The summed E-state index contributed by atoms with van der Waals surface area (Å²) in [6.07, 6.45) is 5.91. The average molecular weight is 363 g/mol. The zero-order chi connectivity index (χ0) is 18.8. The maximum absolute atomic E-state index is 12.7. The first-order chi connectivity index (χ1) is 13.1. The molecule has 0 unspecified atom stereocenters. The van der Waals surface area contributed by atoms with Crippen LogP contribution < -0.4 is 15.1 Å². The molecule has 3 aromatic rings. The first kappa shape index (κ1) is 17.5. The number of H-pyrrole nitrogens is 1. The molecule has 6 nitrogen and oxygen atoms in total. The number of rotatable bonds is 4. The van der Waals surface area contributed by atoms with E-state index in [1.165, 1.54) is 5.69 Å². The lowest BCUT2D eigenvalue weighted by Gasteiger charge is -2.33. The van der Waals surface area contributed by atoms with Gasteiger partial charge in [0.05, 0.1) is 11.2 Å². The van der Waals surface area contributed by atoms with Crippen LogP contribution in [0.1, 0.15) is 23.3 Å². The third kappa shape index (κ3) is 3.53. The van der Waals surface area contributed by atoms with Gasteiger partial charge in [0.25, 0.3) is 5.91 Å². The Morgan fingerprint density at radius 3 is 2.63 bits per heavy atom. The predicted octanol–water partition coefficient (Wildman–Crippen LogP) is 3.03. The summed E-state index contributed by atoms with van der Waals surface area (Å²) < 4.78 is 0. The van der Waals surface area contributed by atoms with Crippen LogP contribution in [0.3, 0.4) is 0 Å². The standard InChI is InChI=1S/C21H25N5O/c1-25(16-7-10-22-11-8-16)17-4-6-19-15(13-17)3-5-20(24-19)21(27)26(2)18-9-12-23-14-18/h3-6,9,12-14,16,22-23H,7-8,10-11H2,1-2H3. The molecule has 140 valence electrons. The lowest BCUT2D eigenvalue weighted by molar-refractivity contribution is 0.0988. The smallest absolute Gasteiger partial charge is 0.276 e. The molecule has 4 rings (SSSR count). The summed E-state index contributed by atoms with van der Waals surface area (Å²) in [4.78, 5) is 24.2. The van der Waals surface area contributed by atoms with Gasteiger partial charge in [-0.3, -0.25) is 4.79 Å². The molecule has 1 amide bonds. The first-order valence-electron chi connectivity index (χ1n) is 9.39. The number of carbonyl (C=O) groups excluding carboxylic acids is 1. The Hall–Kier alpha value is -2.86. The number of benzene rings is 1. The molecule has 2 aromatic heterocycles. The van der Waals surface area contributed by atoms with Gasteiger partial charge in [-0.15, -0.1) is 0 Å². The van der Waals surface area contributed by atoms with Crippen molar-refractivity contribution in [2.45, 2.75) is 18.9 Å². The van der Waals surface area contributed by atoms with E-state index in [0.29, 0.717) is 11.7 Å². The van der Waals surface area contributed by atoms with Gasteiger partial charge in [0.1, 0.15) is 5.69 Å². The molecule has 3 heterocycles. The fourth-order valence-corrected chi connectivity index (χ4v) is 3.67. The number of hydrogen-bond donors (Lipinski definition) is 2. The number of nitrogens with one attached hydrogen (secondary N) is 2. The third-order valence-corrected chi connectivity index (χ3v) is 5.43. The van der Waals surface area contributed by atoms with Crippen LogP contribution in [0.4, 0.5) is 11.4 Å². The molecular formula is C21H25N5O. The Morgan fingerprint density at radius 2 is 1.89 bits per heavy atom. The average Bonchev–Trinajstić information content (AvgIpc) is 3.27. The Bertz CT molecular complexity index is 931. The highest BCUT2D eigenvalue weighted by Crippen LogP contribution is 2.25. The molecule has 2 N–H and O–H groups in total. The van der Waals surface area contributed by atoms with Gasteiger partial charge in [0.15, 0.2) is 0 Å². The minimum atomic E-state index is -0.118. The lowest BCUT2D eigenvalue weighted by atomic mass is 10.0. The number of nitrogens with zero attached hydrogens (tertiary/aromatic N) is 3. The number of fused-ring (bicyclic) bond motifs is 1. The van der Waals surface area contributed by atoms with E-state index in [4.69, 9.17) is 0 Å². The number of piperidine rings is 1. The van der Waals surface area contributed by atoms with E-state index >= 15 is 0 Å². The molecule has 0 spiro atoms. The molecule has 1 saturated heterocycles. The Labute approximate surface area is 159 Å². The van der Waals surface area contributed by atoms with E-state index in [1.54, 1.807) is 24.3 Å². The van der Waals surface area contributed by atoms with Gasteiger partial charge in [-0.1, -0.05) is 6.07 Å². The summed E-state index contributed by atoms with van der Waals surface area (Å²) in [5.74, 6) is -0.118. The number of aromatic amines is 1. The molecule has 6 heteroatoms. The van der Waals surface area contributed by atoms with Crippen LogP contribution in [-0.2, 0) is 0 Å². The fourth-order valence-electron chi connectivity index (χ4n) is 3.67. The van der Waals surface area contributed by atoms with Crippen molar-refractivity contribution in [3.05, 3.63) is 54.5 Å². The van der Waals surface area contributed by atoms with Crippen molar-refractivity contribution >= 4 is 28.2 Å². The van der Waals surface area contributed by atoms with E-state index < -0.39 is 0 Å². The Balaban J connectivity index is 1.57. The maximum Gasteiger partial charge on any atom is 0.276 e. The monoisotopic (exact) mass is 363 g/mol. The second kappa shape index (κ2) is 7.40. The third-order valence-electron chi connectivity index (χ3n) is 5.43. The van der Waals surface area contributed by atoms with Gasteiger partial charge < -0.3 is 20.1 Å². The lowest BCUT2D eigenvalue weighted by Crippen LogP contribution is -2.41. The fraction of sp³-hybridized carbons (Fsp3) is 0.333. The number of hydrogen-bond acceptors (Lipinski definition) is 4. The van der Waals surface area contributed by atoms with Crippen LogP contribution >= 0.6 is 0 Å². The Morgan fingerprint density at radius 1 is 1.07 bits per heavy atom. The highest BCUT2D eigenvalue weighted by Gasteiger charge is 2.19. The Kier molecular flexibility index (Phi) is 4.81. The van der Waals surface area contributed by atoms with Crippen molar-refractivity contribution in [1.82, 2.24) is 15.3 Å². The summed E-state index contributed by atoms with van der Waals surface area (Å²) in [6.45, 7) is 2.15. The molecule has 1 aliphatic heterocycles. The molecule has 0 radical (unpaired) electrons. The zero-order valence-corrected chi connectivity index (χ0v) is 15.8. The van der Waals surface area contributed by atoms with Crippen molar-refractivity contribution in [2.75, 3.05) is 37.0 Å². The van der Waals surface area contributed by atoms with Crippen LogP contribution in [0, 0.1) is 0 Å². The molecule has 1 aromatic carbocycles. The predicted molar refractivity (Wildman–Crippen MR) is 110 cm³/mol. The minimum Gasteiger partial charge on any atom is -0.371 e. The summed E-state index contributed by atoms with van der Waals surface area (Å²) in [6, 6.07) is 12.5. The van der Waals surface area contributed by atoms with Crippen LogP contribution in [-0.4, -0.2) is 49.1 Å². The van der Waals surface area contributed by atoms with Gasteiger partial charge in [-0.25, -0.2) is 4.98 Å². The quantitative estimate of drug-likeness (QED) is 0.748. The second-order valence-electron chi connectivity index (χ2n) is 7.10. The SMILES string of the molecule is CN(C(=O)c1ccc2cc(N(C)C3CCNCC3)ccc2n1)c1cc[nH]c1. The summed E-state index contributed by atoms with van der Waals surface area (Å²) >= 11 is 0.